The molecule has 2 aromatic rings. The molecule has 6 heteroatoms. The van der Waals surface area contributed by atoms with E-state index in [0.29, 0.717) is 26.1 Å². The fraction of sp³-hybridized carbons (Fsp3) is 0.360. The van der Waals surface area contributed by atoms with E-state index in [1.165, 1.54) is 0 Å². The number of carbonyl (C=O) groups is 2. The summed E-state index contributed by atoms with van der Waals surface area (Å²) in [6.45, 7) is 3.50. The van der Waals surface area contributed by atoms with Crippen LogP contribution < -0.4 is 4.74 Å². The van der Waals surface area contributed by atoms with Crippen molar-refractivity contribution in [2.75, 3.05) is 33.8 Å². The van der Waals surface area contributed by atoms with Crippen LogP contribution in [0.15, 0.2) is 65.9 Å². The minimum atomic E-state index is -0.605. The zero-order valence-corrected chi connectivity index (χ0v) is 18.4. The van der Waals surface area contributed by atoms with Crippen LogP contribution in [0, 0.1) is 0 Å². The largest absolute Gasteiger partial charge is 0.503 e. The molecule has 2 aromatic carbocycles. The monoisotopic (exact) mass is 422 g/mol. The molecule has 0 radical (unpaired) electrons. The summed E-state index contributed by atoms with van der Waals surface area (Å²) in [7, 11) is 3.84. The maximum absolute atomic E-state index is 13.2. The van der Waals surface area contributed by atoms with Crippen LogP contribution in [0.5, 0.6) is 5.75 Å². The fourth-order valence-electron chi connectivity index (χ4n) is 3.77. The number of aryl methyl sites for hydroxylation is 1. The summed E-state index contributed by atoms with van der Waals surface area (Å²) in [4.78, 5) is 29.6. The summed E-state index contributed by atoms with van der Waals surface area (Å²) < 4.78 is 5.52. The van der Waals surface area contributed by atoms with Crippen LogP contribution in [-0.2, 0) is 16.0 Å². The van der Waals surface area contributed by atoms with Crippen molar-refractivity contribution in [3.63, 3.8) is 0 Å². The number of nitrogens with zero attached hydrogens (tertiary/aromatic N) is 2. The third-order valence-electron chi connectivity index (χ3n) is 5.38. The summed E-state index contributed by atoms with van der Waals surface area (Å²) in [5, 5.41) is 10.7. The molecule has 164 valence electrons. The van der Waals surface area contributed by atoms with E-state index in [4.69, 9.17) is 4.74 Å². The van der Waals surface area contributed by atoms with Gasteiger partial charge in [-0.25, -0.2) is 0 Å². The molecule has 3 rings (SSSR count). The standard InChI is InChI=1S/C25H30N2O4/c1-4-31-20-13-11-19(12-14-20)23-22(21(28)15-10-18-8-6-5-7-9-18)24(29)25(30)27(23)17-16-26(2)3/h5-9,11-14,23,29H,4,10,15-17H2,1-3H3. The van der Waals surface area contributed by atoms with Gasteiger partial charge in [0.1, 0.15) is 5.75 Å². The lowest BCUT2D eigenvalue weighted by Gasteiger charge is -2.28. The van der Waals surface area contributed by atoms with E-state index >= 15 is 0 Å². The second-order valence-electron chi connectivity index (χ2n) is 7.88. The number of carbonyl (C=O) groups excluding carboxylic acids is 2. The number of ketones is 1. The second kappa shape index (κ2) is 10.3. The van der Waals surface area contributed by atoms with Gasteiger partial charge in [0.15, 0.2) is 11.5 Å². The normalized spacial score (nSPS) is 16.3. The van der Waals surface area contributed by atoms with Crippen LogP contribution in [0.1, 0.15) is 30.5 Å². The molecule has 1 aliphatic heterocycles. The highest BCUT2D eigenvalue weighted by Crippen LogP contribution is 2.38. The van der Waals surface area contributed by atoms with Crippen molar-refractivity contribution in [2.45, 2.75) is 25.8 Å². The predicted octanol–water partition coefficient (Wildman–Crippen LogP) is 3.54. The molecule has 1 atom stereocenters. The Morgan fingerprint density at radius 1 is 1.10 bits per heavy atom. The average molecular weight is 423 g/mol. The first-order chi connectivity index (χ1) is 14.9. The SMILES string of the molecule is CCOc1ccc(C2C(C(=O)CCc3ccccc3)=C(O)C(=O)N2CCN(C)C)cc1. The number of hydrogen-bond donors (Lipinski definition) is 1. The molecular weight excluding hydrogens is 392 g/mol. The summed E-state index contributed by atoms with van der Waals surface area (Å²) in [5.41, 5.74) is 2.01. The summed E-state index contributed by atoms with van der Waals surface area (Å²) in [5.74, 6) is -0.416. The van der Waals surface area contributed by atoms with Gasteiger partial charge in [-0.05, 0) is 50.7 Å². The Morgan fingerprint density at radius 3 is 2.39 bits per heavy atom. The Hall–Kier alpha value is -3.12. The van der Waals surface area contributed by atoms with Gasteiger partial charge in [0.25, 0.3) is 5.91 Å². The first-order valence-corrected chi connectivity index (χ1v) is 10.6. The Bertz CT molecular complexity index is 936. The number of amides is 1. The highest BCUT2D eigenvalue weighted by molar-refractivity contribution is 6.09. The van der Waals surface area contributed by atoms with Crippen LogP contribution in [0.2, 0.25) is 0 Å². The van der Waals surface area contributed by atoms with Gasteiger partial charge in [-0.3, -0.25) is 9.59 Å². The molecule has 0 spiro atoms. The number of hydrogen-bond acceptors (Lipinski definition) is 5. The van der Waals surface area contributed by atoms with Gasteiger partial charge in [-0.15, -0.1) is 0 Å². The third-order valence-corrected chi connectivity index (χ3v) is 5.38. The number of Topliss-reactive ketones (excluding diaryl/α,β-unsaturated/α-hetero) is 1. The number of likely N-dealkylation sites (N-methyl/N-ethyl adjacent to an activating group) is 1. The molecule has 1 unspecified atom stereocenters. The van der Waals surface area contributed by atoms with E-state index in [0.717, 1.165) is 16.9 Å². The fourth-order valence-corrected chi connectivity index (χ4v) is 3.77. The van der Waals surface area contributed by atoms with Gasteiger partial charge in [0, 0.05) is 19.5 Å². The van der Waals surface area contributed by atoms with E-state index in [-0.39, 0.29) is 17.8 Å². The summed E-state index contributed by atoms with van der Waals surface area (Å²) in [6, 6.07) is 16.5. The van der Waals surface area contributed by atoms with Crippen LogP contribution in [0.3, 0.4) is 0 Å². The van der Waals surface area contributed by atoms with Crippen molar-refractivity contribution >= 4 is 11.7 Å². The smallest absolute Gasteiger partial charge is 0.290 e. The lowest BCUT2D eigenvalue weighted by atomic mass is 9.93. The molecule has 0 aliphatic carbocycles. The van der Waals surface area contributed by atoms with Crippen molar-refractivity contribution in [1.29, 1.82) is 0 Å². The van der Waals surface area contributed by atoms with Crippen LogP contribution in [-0.4, -0.2) is 60.4 Å². The Kier molecular flexibility index (Phi) is 7.47. The molecule has 1 amide bonds. The molecule has 1 aliphatic rings. The Balaban J connectivity index is 1.89. The summed E-state index contributed by atoms with van der Waals surface area (Å²) in [6.07, 6.45) is 0.782. The van der Waals surface area contributed by atoms with Crippen molar-refractivity contribution in [3.8, 4) is 5.75 Å². The average Bonchev–Trinajstić information content (AvgIpc) is 3.02. The van der Waals surface area contributed by atoms with E-state index in [2.05, 4.69) is 0 Å². The van der Waals surface area contributed by atoms with Crippen LogP contribution in [0.4, 0.5) is 0 Å². The molecule has 0 bridgehead atoms. The Labute approximate surface area is 183 Å². The number of aliphatic hydroxyl groups excluding tert-OH is 1. The van der Waals surface area contributed by atoms with Gasteiger partial charge in [0.2, 0.25) is 0 Å². The van der Waals surface area contributed by atoms with Crippen LogP contribution in [0.25, 0.3) is 0 Å². The van der Waals surface area contributed by atoms with Gasteiger partial charge < -0.3 is 19.6 Å². The number of rotatable bonds is 10. The maximum atomic E-state index is 13.2. The third kappa shape index (κ3) is 5.33. The van der Waals surface area contributed by atoms with E-state index in [9.17, 15) is 14.7 Å². The Morgan fingerprint density at radius 2 is 1.77 bits per heavy atom. The molecule has 1 heterocycles. The molecule has 0 fully saturated rings. The first kappa shape index (κ1) is 22.6. The quantitative estimate of drug-likeness (QED) is 0.634. The topological polar surface area (TPSA) is 70.1 Å². The van der Waals surface area contributed by atoms with Gasteiger partial charge in [-0.1, -0.05) is 42.5 Å². The van der Waals surface area contributed by atoms with Crippen molar-refractivity contribution in [3.05, 3.63) is 77.1 Å². The van der Waals surface area contributed by atoms with Crippen molar-refractivity contribution in [1.82, 2.24) is 9.80 Å². The minimum Gasteiger partial charge on any atom is -0.503 e. The lowest BCUT2D eigenvalue weighted by molar-refractivity contribution is -0.129. The van der Waals surface area contributed by atoms with Gasteiger partial charge >= 0.3 is 0 Å². The molecular formula is C25H30N2O4. The molecule has 0 aromatic heterocycles. The molecule has 31 heavy (non-hydrogen) atoms. The zero-order chi connectivity index (χ0) is 22.4. The number of aliphatic hydroxyl groups is 1. The summed E-state index contributed by atoms with van der Waals surface area (Å²) >= 11 is 0. The van der Waals surface area contributed by atoms with Crippen molar-refractivity contribution < 1.29 is 19.4 Å². The van der Waals surface area contributed by atoms with E-state index in [1.54, 1.807) is 4.90 Å². The van der Waals surface area contributed by atoms with Crippen LogP contribution >= 0.6 is 0 Å². The van der Waals surface area contributed by atoms with Gasteiger partial charge in [-0.2, -0.15) is 0 Å². The maximum Gasteiger partial charge on any atom is 0.290 e. The lowest BCUT2D eigenvalue weighted by Crippen LogP contribution is -2.36. The second-order valence-corrected chi connectivity index (χ2v) is 7.88. The zero-order valence-electron chi connectivity index (χ0n) is 18.4. The van der Waals surface area contributed by atoms with Crippen molar-refractivity contribution in [2.24, 2.45) is 0 Å². The molecule has 6 nitrogen and oxygen atoms in total. The number of ether oxygens (including phenoxy) is 1. The van der Waals surface area contributed by atoms with E-state index < -0.39 is 17.7 Å². The predicted molar refractivity (Wildman–Crippen MR) is 120 cm³/mol. The first-order valence-electron chi connectivity index (χ1n) is 10.6. The molecule has 0 saturated carbocycles. The molecule has 0 saturated heterocycles. The van der Waals surface area contributed by atoms with Gasteiger partial charge in [0.05, 0.1) is 18.2 Å². The highest BCUT2D eigenvalue weighted by atomic mass is 16.5. The highest BCUT2D eigenvalue weighted by Gasteiger charge is 2.42. The van der Waals surface area contributed by atoms with E-state index in [1.807, 2.05) is 80.5 Å². The molecule has 1 N–H and O–H groups in total. The minimum absolute atomic E-state index is 0.184. The number of benzene rings is 2.